The number of likely N-dealkylation sites (tertiary alicyclic amines) is 1. The summed E-state index contributed by atoms with van der Waals surface area (Å²) in [4.78, 5) is 39.0. The van der Waals surface area contributed by atoms with Crippen LogP contribution in [0.2, 0.25) is 0 Å². The lowest BCUT2D eigenvalue weighted by molar-refractivity contribution is -0.148. The second kappa shape index (κ2) is 6.20. The summed E-state index contributed by atoms with van der Waals surface area (Å²) in [5, 5.41) is 13.1. The number of halogens is 1. The fraction of sp³-hybridized carbons (Fsp3) is 0.550. The third-order valence-corrected chi connectivity index (χ3v) is 7.50. The van der Waals surface area contributed by atoms with Crippen LogP contribution in [0.25, 0.3) is 0 Å². The predicted molar refractivity (Wildman–Crippen MR) is 103 cm³/mol. The van der Waals surface area contributed by atoms with Gasteiger partial charge in [0.25, 0.3) is 0 Å². The van der Waals surface area contributed by atoms with E-state index in [-0.39, 0.29) is 47.2 Å². The van der Waals surface area contributed by atoms with Gasteiger partial charge in [0.2, 0.25) is 11.8 Å². The molecule has 1 aromatic carbocycles. The molecule has 5 rings (SSSR count). The molecule has 0 radical (unpaired) electrons. The zero-order valence-corrected chi connectivity index (χ0v) is 16.8. The number of hydrogen-bond acceptors (Lipinski definition) is 5. The van der Waals surface area contributed by atoms with E-state index >= 15 is 0 Å². The summed E-state index contributed by atoms with van der Waals surface area (Å²) in [6.45, 7) is 0.499. The Kier molecular flexibility index (Phi) is 3.98. The largest absolute Gasteiger partial charge is 0.504 e. The lowest BCUT2D eigenvalue weighted by Gasteiger charge is -2.57. The fourth-order valence-electron chi connectivity index (χ4n) is 5.96. The van der Waals surface area contributed by atoms with Crippen molar-refractivity contribution in [2.45, 2.75) is 43.2 Å². The van der Waals surface area contributed by atoms with Gasteiger partial charge in [0.05, 0.1) is 17.3 Å². The van der Waals surface area contributed by atoms with E-state index in [1.165, 1.54) is 0 Å². The maximum Gasteiger partial charge on any atom is 0.242 e. The van der Waals surface area contributed by atoms with Crippen LogP contribution < -0.4 is 10.1 Å². The second-order valence-corrected chi connectivity index (χ2v) is 8.68. The number of carbonyl (C=O) groups is 3. The summed E-state index contributed by atoms with van der Waals surface area (Å²) in [6, 6.07) is 3.49. The minimum atomic E-state index is -0.568. The monoisotopic (exact) mass is 448 g/mol. The van der Waals surface area contributed by atoms with Crippen molar-refractivity contribution in [2.75, 3.05) is 18.4 Å². The Labute approximate surface area is 170 Å². The smallest absolute Gasteiger partial charge is 0.242 e. The Hall–Kier alpha value is -2.09. The molecule has 2 fully saturated rings. The van der Waals surface area contributed by atoms with Gasteiger partial charge in [-0.2, -0.15) is 0 Å². The molecule has 2 amide bonds. The topological polar surface area (TPSA) is 95.9 Å². The van der Waals surface area contributed by atoms with Crippen LogP contribution in [-0.2, 0) is 26.2 Å². The highest BCUT2D eigenvalue weighted by molar-refractivity contribution is 9.09. The van der Waals surface area contributed by atoms with Crippen LogP contribution in [-0.4, -0.2) is 58.2 Å². The number of phenols is 1. The zero-order valence-electron chi connectivity index (χ0n) is 15.2. The number of piperidine rings is 1. The summed E-state index contributed by atoms with van der Waals surface area (Å²) in [7, 11) is 0. The van der Waals surface area contributed by atoms with Crippen molar-refractivity contribution in [2.24, 2.45) is 5.92 Å². The number of hydrogen-bond donors (Lipinski definition) is 2. The van der Waals surface area contributed by atoms with Crippen molar-refractivity contribution in [3.8, 4) is 11.5 Å². The molecule has 1 saturated heterocycles. The number of aromatic hydroxyl groups is 1. The van der Waals surface area contributed by atoms with Crippen LogP contribution in [0, 0.1) is 5.92 Å². The van der Waals surface area contributed by atoms with E-state index < -0.39 is 11.5 Å². The van der Waals surface area contributed by atoms with Crippen LogP contribution in [0.15, 0.2) is 12.1 Å². The molecule has 2 bridgehead atoms. The highest BCUT2D eigenvalue weighted by atomic mass is 79.9. The number of ketones is 1. The Morgan fingerprint density at radius 3 is 3.00 bits per heavy atom. The molecule has 7 nitrogen and oxygen atoms in total. The van der Waals surface area contributed by atoms with E-state index in [4.69, 9.17) is 4.74 Å². The van der Waals surface area contributed by atoms with Gasteiger partial charge in [0.15, 0.2) is 23.4 Å². The van der Waals surface area contributed by atoms with Crippen LogP contribution in [0.5, 0.6) is 11.5 Å². The maximum absolute atomic E-state index is 12.9. The number of ether oxygens (including phenoxy) is 1. The minimum Gasteiger partial charge on any atom is -0.504 e. The first-order valence-corrected chi connectivity index (χ1v) is 10.8. The zero-order chi connectivity index (χ0) is 19.6. The standard InChI is InChI=1S/C20H21BrN2O5/c21-8-15(26)22-9-16(27)23-6-5-20-11-2-4-14(25)19(20)28-18-13(24)3-1-10(17(18)20)7-12(11)23/h1,3,11-12,19,24H,2,4-9H2,(H,22,26)/t11-,12+,19-,20-/m0/s1. The quantitative estimate of drug-likeness (QED) is 0.673. The number of nitrogens with zero attached hydrogens (tertiary/aromatic N) is 1. The number of alkyl halides is 1. The molecule has 1 saturated carbocycles. The lowest BCUT2D eigenvalue weighted by Crippen LogP contribution is -2.67. The maximum atomic E-state index is 12.9. The molecule has 4 aliphatic rings. The minimum absolute atomic E-state index is 0.0206. The highest BCUT2D eigenvalue weighted by Gasteiger charge is 2.66. The summed E-state index contributed by atoms with van der Waals surface area (Å²) in [5.74, 6) is 0.444. The number of rotatable bonds is 3. The number of Topliss-reactive ketones (excluding diaryl/α,β-unsaturated/α-hetero) is 1. The van der Waals surface area contributed by atoms with Gasteiger partial charge >= 0.3 is 0 Å². The van der Waals surface area contributed by atoms with Crippen molar-refractivity contribution in [1.29, 1.82) is 0 Å². The number of nitrogens with one attached hydrogen (secondary N) is 1. The normalized spacial score (nSPS) is 31.8. The molecule has 8 heteroatoms. The molecule has 1 spiro atoms. The average molecular weight is 449 g/mol. The Balaban J connectivity index is 1.54. The molecular weight excluding hydrogens is 428 g/mol. The van der Waals surface area contributed by atoms with Crippen LogP contribution in [0.3, 0.4) is 0 Å². The lowest BCUT2D eigenvalue weighted by atomic mass is 9.51. The van der Waals surface area contributed by atoms with Crippen LogP contribution >= 0.6 is 15.9 Å². The predicted octanol–water partition coefficient (Wildman–Crippen LogP) is 1.04. The van der Waals surface area contributed by atoms with E-state index in [9.17, 15) is 19.5 Å². The summed E-state index contributed by atoms with van der Waals surface area (Å²) >= 11 is 3.09. The van der Waals surface area contributed by atoms with Crippen LogP contribution in [0.4, 0.5) is 0 Å². The summed E-state index contributed by atoms with van der Waals surface area (Å²) in [6.07, 6.45) is 1.89. The molecular formula is C20H21BrN2O5. The molecule has 0 aromatic heterocycles. The number of phenolic OH excluding ortho intramolecular Hbond substituents is 1. The van der Waals surface area contributed by atoms with Crippen molar-refractivity contribution < 1.29 is 24.2 Å². The van der Waals surface area contributed by atoms with Crippen molar-refractivity contribution in [1.82, 2.24) is 10.2 Å². The highest BCUT2D eigenvalue weighted by Crippen LogP contribution is 2.63. The summed E-state index contributed by atoms with van der Waals surface area (Å²) < 4.78 is 6.05. The first-order valence-electron chi connectivity index (χ1n) is 9.64. The Bertz CT molecular complexity index is 903. The van der Waals surface area contributed by atoms with E-state index in [1.807, 2.05) is 11.0 Å². The third kappa shape index (κ3) is 2.24. The Morgan fingerprint density at radius 1 is 1.39 bits per heavy atom. The van der Waals surface area contributed by atoms with Crippen molar-refractivity contribution in [3.63, 3.8) is 0 Å². The first kappa shape index (κ1) is 18.0. The second-order valence-electron chi connectivity index (χ2n) is 8.12. The van der Waals surface area contributed by atoms with Crippen LogP contribution in [0.1, 0.15) is 30.4 Å². The van der Waals surface area contributed by atoms with Gasteiger partial charge in [0.1, 0.15) is 0 Å². The van der Waals surface area contributed by atoms with Gasteiger partial charge in [-0.1, -0.05) is 22.0 Å². The number of carbonyl (C=O) groups excluding carboxylic acids is 3. The third-order valence-electron chi connectivity index (χ3n) is 6.99. The van der Waals surface area contributed by atoms with E-state index in [0.29, 0.717) is 31.6 Å². The van der Waals surface area contributed by atoms with Crippen molar-refractivity contribution in [3.05, 3.63) is 23.3 Å². The SMILES string of the molecule is O=C(CBr)NCC(=O)N1CC[C@]23c4c5ccc(O)c4O[C@H]2C(=O)CC[C@H]3[C@H]1C5. The molecule has 2 aliphatic carbocycles. The van der Waals surface area contributed by atoms with Gasteiger partial charge in [-0.05, 0) is 36.8 Å². The molecule has 4 atom stereocenters. The molecule has 2 heterocycles. The molecule has 2 N–H and O–H groups in total. The molecule has 0 unspecified atom stereocenters. The number of amides is 2. The van der Waals surface area contributed by atoms with Gasteiger partial charge in [0, 0.05) is 24.6 Å². The molecule has 148 valence electrons. The van der Waals surface area contributed by atoms with Gasteiger partial charge in [-0.25, -0.2) is 0 Å². The molecule has 2 aliphatic heterocycles. The number of benzene rings is 1. The van der Waals surface area contributed by atoms with Gasteiger partial charge < -0.3 is 20.1 Å². The average Bonchev–Trinajstić information content (AvgIpc) is 3.04. The van der Waals surface area contributed by atoms with Gasteiger partial charge in [-0.3, -0.25) is 14.4 Å². The van der Waals surface area contributed by atoms with E-state index in [2.05, 4.69) is 21.2 Å². The summed E-state index contributed by atoms with van der Waals surface area (Å²) in [5.41, 5.74) is 1.59. The first-order chi connectivity index (χ1) is 13.5. The van der Waals surface area contributed by atoms with Gasteiger partial charge in [-0.15, -0.1) is 0 Å². The molecule has 28 heavy (non-hydrogen) atoms. The van der Waals surface area contributed by atoms with E-state index in [1.54, 1.807) is 6.07 Å². The molecule has 1 aromatic rings. The fourth-order valence-corrected chi connectivity index (χ4v) is 6.16. The van der Waals surface area contributed by atoms with Crippen molar-refractivity contribution >= 4 is 33.5 Å². The Morgan fingerprint density at radius 2 is 2.21 bits per heavy atom. The van der Waals surface area contributed by atoms with E-state index in [0.717, 1.165) is 17.5 Å².